The fraction of sp³-hybridized carbons (Fsp3) is 0.200. The van der Waals surface area contributed by atoms with Gasteiger partial charge in [-0.25, -0.2) is 0 Å². The van der Waals surface area contributed by atoms with Gasteiger partial charge < -0.3 is 5.73 Å². The van der Waals surface area contributed by atoms with Crippen molar-refractivity contribution >= 4 is 28.9 Å². The molecular weight excluding hydrogens is 279 g/mol. The second kappa shape index (κ2) is 6.29. The van der Waals surface area contributed by atoms with Crippen LogP contribution in [0.25, 0.3) is 0 Å². The molecule has 2 nitrogen and oxygen atoms in total. The standard InChI is InChI=1S/C15H16Cl2N2/c1-19(9-11-3-2-4-13(16)5-11)10-12-6-14(17)8-15(18)7-12/h2-8H,9-10,18H2,1H3. The van der Waals surface area contributed by atoms with Crippen LogP contribution in [-0.4, -0.2) is 11.9 Å². The molecule has 0 aliphatic carbocycles. The molecule has 0 fully saturated rings. The molecule has 4 heteroatoms. The Labute approximate surface area is 123 Å². The van der Waals surface area contributed by atoms with Crippen LogP contribution in [0.1, 0.15) is 11.1 Å². The summed E-state index contributed by atoms with van der Waals surface area (Å²) in [7, 11) is 2.05. The second-order valence-electron chi connectivity index (χ2n) is 4.70. The minimum atomic E-state index is 0.672. The second-order valence-corrected chi connectivity index (χ2v) is 5.57. The molecule has 100 valence electrons. The number of nitrogen functional groups attached to an aromatic ring is 1. The highest BCUT2D eigenvalue weighted by Gasteiger charge is 2.04. The minimum Gasteiger partial charge on any atom is -0.399 e. The molecule has 0 aliphatic heterocycles. The van der Waals surface area contributed by atoms with Crippen molar-refractivity contribution in [2.75, 3.05) is 12.8 Å². The molecule has 0 atom stereocenters. The Hall–Kier alpha value is -1.22. The highest BCUT2D eigenvalue weighted by molar-refractivity contribution is 6.31. The number of hydrogen-bond donors (Lipinski definition) is 1. The summed E-state index contributed by atoms with van der Waals surface area (Å²) in [5.74, 6) is 0. The van der Waals surface area contributed by atoms with Crippen molar-refractivity contribution in [3.8, 4) is 0 Å². The van der Waals surface area contributed by atoms with Gasteiger partial charge in [0.15, 0.2) is 0 Å². The lowest BCUT2D eigenvalue weighted by Crippen LogP contribution is -2.17. The zero-order valence-corrected chi connectivity index (χ0v) is 12.2. The Balaban J connectivity index is 2.03. The summed E-state index contributed by atoms with van der Waals surface area (Å²) >= 11 is 12.0. The maximum Gasteiger partial charge on any atom is 0.0429 e. The van der Waals surface area contributed by atoms with Gasteiger partial charge in [-0.2, -0.15) is 0 Å². The van der Waals surface area contributed by atoms with Gasteiger partial charge in [-0.05, 0) is 48.5 Å². The van der Waals surface area contributed by atoms with E-state index < -0.39 is 0 Å². The molecule has 0 unspecified atom stereocenters. The number of nitrogens with zero attached hydrogens (tertiary/aromatic N) is 1. The lowest BCUT2D eigenvalue weighted by molar-refractivity contribution is 0.319. The van der Waals surface area contributed by atoms with E-state index in [1.807, 2.05) is 30.3 Å². The monoisotopic (exact) mass is 294 g/mol. The summed E-state index contributed by atoms with van der Waals surface area (Å²) in [6.07, 6.45) is 0. The molecule has 0 aliphatic rings. The van der Waals surface area contributed by atoms with Crippen molar-refractivity contribution in [2.24, 2.45) is 0 Å². The Bertz CT molecular complexity index is 550. The third kappa shape index (κ3) is 4.43. The van der Waals surface area contributed by atoms with Crippen LogP contribution >= 0.6 is 23.2 Å². The molecule has 19 heavy (non-hydrogen) atoms. The lowest BCUT2D eigenvalue weighted by Gasteiger charge is -2.17. The first kappa shape index (κ1) is 14.2. The zero-order valence-electron chi connectivity index (χ0n) is 10.7. The molecule has 2 rings (SSSR count). The van der Waals surface area contributed by atoms with Crippen molar-refractivity contribution in [3.63, 3.8) is 0 Å². The summed E-state index contributed by atoms with van der Waals surface area (Å²) in [6, 6.07) is 13.5. The number of halogens is 2. The van der Waals surface area contributed by atoms with Crippen LogP contribution in [0.3, 0.4) is 0 Å². The van der Waals surface area contributed by atoms with Gasteiger partial charge >= 0.3 is 0 Å². The molecule has 2 N–H and O–H groups in total. The number of hydrogen-bond acceptors (Lipinski definition) is 2. The summed E-state index contributed by atoms with van der Waals surface area (Å²) in [5.41, 5.74) is 8.77. The number of nitrogens with two attached hydrogens (primary N) is 1. The normalized spacial score (nSPS) is 10.9. The number of rotatable bonds is 4. The topological polar surface area (TPSA) is 29.3 Å². The van der Waals surface area contributed by atoms with Gasteiger partial charge in [0.25, 0.3) is 0 Å². The predicted molar refractivity (Wildman–Crippen MR) is 82.5 cm³/mol. The average molecular weight is 295 g/mol. The van der Waals surface area contributed by atoms with Crippen LogP contribution in [0.15, 0.2) is 42.5 Å². The SMILES string of the molecule is CN(Cc1cccc(Cl)c1)Cc1cc(N)cc(Cl)c1. The van der Waals surface area contributed by atoms with E-state index in [0.717, 1.165) is 23.7 Å². The van der Waals surface area contributed by atoms with Crippen molar-refractivity contribution in [2.45, 2.75) is 13.1 Å². The summed E-state index contributed by atoms with van der Waals surface area (Å²) in [6.45, 7) is 1.62. The first-order valence-electron chi connectivity index (χ1n) is 6.01. The van der Waals surface area contributed by atoms with Gasteiger partial charge in [0, 0.05) is 28.8 Å². The number of anilines is 1. The number of benzene rings is 2. The Kier molecular flexibility index (Phi) is 4.70. The van der Waals surface area contributed by atoms with E-state index in [0.29, 0.717) is 10.7 Å². The molecule has 0 radical (unpaired) electrons. The third-order valence-electron chi connectivity index (χ3n) is 2.77. The summed E-state index contributed by atoms with van der Waals surface area (Å²) in [5, 5.41) is 1.43. The van der Waals surface area contributed by atoms with Gasteiger partial charge in [-0.3, -0.25) is 4.90 Å². The van der Waals surface area contributed by atoms with E-state index in [4.69, 9.17) is 28.9 Å². The first-order chi connectivity index (χ1) is 9.02. The molecular formula is C15H16Cl2N2. The van der Waals surface area contributed by atoms with Crippen molar-refractivity contribution in [3.05, 3.63) is 63.6 Å². The van der Waals surface area contributed by atoms with Crippen LogP contribution < -0.4 is 5.73 Å². The Morgan fingerprint density at radius 3 is 2.32 bits per heavy atom. The summed E-state index contributed by atoms with van der Waals surface area (Å²) < 4.78 is 0. The molecule has 0 heterocycles. The van der Waals surface area contributed by atoms with E-state index >= 15 is 0 Å². The van der Waals surface area contributed by atoms with Crippen LogP contribution in [0.4, 0.5) is 5.69 Å². The molecule has 0 saturated carbocycles. The molecule has 2 aromatic rings. The van der Waals surface area contributed by atoms with Gasteiger partial charge in [0.1, 0.15) is 0 Å². The molecule has 0 spiro atoms. The fourth-order valence-corrected chi connectivity index (χ4v) is 2.56. The molecule has 0 saturated heterocycles. The largest absolute Gasteiger partial charge is 0.399 e. The molecule has 0 amide bonds. The Morgan fingerprint density at radius 1 is 0.947 bits per heavy atom. The van der Waals surface area contributed by atoms with Crippen LogP contribution in [0.2, 0.25) is 10.0 Å². The summed E-state index contributed by atoms with van der Waals surface area (Å²) in [4.78, 5) is 2.19. The zero-order chi connectivity index (χ0) is 13.8. The van der Waals surface area contributed by atoms with Crippen LogP contribution in [-0.2, 0) is 13.1 Å². The quantitative estimate of drug-likeness (QED) is 0.856. The Morgan fingerprint density at radius 2 is 1.63 bits per heavy atom. The van der Waals surface area contributed by atoms with Crippen LogP contribution in [0, 0.1) is 0 Å². The van der Waals surface area contributed by atoms with Gasteiger partial charge in [-0.1, -0.05) is 35.3 Å². The lowest BCUT2D eigenvalue weighted by atomic mass is 10.1. The highest BCUT2D eigenvalue weighted by Crippen LogP contribution is 2.19. The fourth-order valence-electron chi connectivity index (χ4n) is 2.08. The van der Waals surface area contributed by atoms with E-state index in [2.05, 4.69) is 18.0 Å². The van der Waals surface area contributed by atoms with Crippen LogP contribution in [0.5, 0.6) is 0 Å². The molecule has 0 bridgehead atoms. The van der Waals surface area contributed by atoms with E-state index in [9.17, 15) is 0 Å². The maximum atomic E-state index is 6.00. The maximum absolute atomic E-state index is 6.00. The van der Waals surface area contributed by atoms with Crippen molar-refractivity contribution < 1.29 is 0 Å². The predicted octanol–water partition coefficient (Wildman–Crippen LogP) is 4.21. The highest BCUT2D eigenvalue weighted by atomic mass is 35.5. The van der Waals surface area contributed by atoms with E-state index in [-0.39, 0.29) is 0 Å². The third-order valence-corrected chi connectivity index (χ3v) is 3.23. The molecule has 2 aromatic carbocycles. The van der Waals surface area contributed by atoms with Crippen molar-refractivity contribution in [1.29, 1.82) is 0 Å². The van der Waals surface area contributed by atoms with Crippen molar-refractivity contribution in [1.82, 2.24) is 4.90 Å². The minimum absolute atomic E-state index is 0.672. The van der Waals surface area contributed by atoms with E-state index in [1.54, 1.807) is 6.07 Å². The first-order valence-corrected chi connectivity index (χ1v) is 6.76. The van der Waals surface area contributed by atoms with Gasteiger partial charge in [0.05, 0.1) is 0 Å². The smallest absolute Gasteiger partial charge is 0.0429 e. The molecule has 0 aromatic heterocycles. The van der Waals surface area contributed by atoms with Gasteiger partial charge in [-0.15, -0.1) is 0 Å². The van der Waals surface area contributed by atoms with Gasteiger partial charge in [0.2, 0.25) is 0 Å². The average Bonchev–Trinajstić information content (AvgIpc) is 2.26. The van der Waals surface area contributed by atoms with E-state index in [1.165, 1.54) is 5.56 Å².